The predicted molar refractivity (Wildman–Crippen MR) is 120 cm³/mol. The van der Waals surface area contributed by atoms with Crippen molar-refractivity contribution in [3.8, 4) is 0 Å². The molecule has 0 saturated carbocycles. The number of amides is 2. The topological polar surface area (TPSA) is 52.7 Å². The first-order chi connectivity index (χ1) is 14.6. The van der Waals surface area contributed by atoms with Crippen LogP contribution in [0.2, 0.25) is 5.02 Å². The summed E-state index contributed by atoms with van der Waals surface area (Å²) in [7, 11) is 0. The Hall–Kier alpha value is -2.37. The molecule has 2 aliphatic heterocycles. The highest BCUT2D eigenvalue weighted by molar-refractivity contribution is 6.30. The summed E-state index contributed by atoms with van der Waals surface area (Å²) in [5.41, 5.74) is 2.73. The third-order valence-electron chi connectivity index (χ3n) is 6.04. The quantitative estimate of drug-likeness (QED) is 0.771. The number of nitrogens with one attached hydrogen (secondary N) is 1. The van der Waals surface area contributed by atoms with E-state index in [1.54, 1.807) is 24.3 Å². The van der Waals surface area contributed by atoms with Crippen LogP contribution in [0.4, 0.5) is 5.69 Å². The fourth-order valence-electron chi connectivity index (χ4n) is 4.31. The molecule has 0 unspecified atom stereocenters. The maximum atomic E-state index is 12.8. The van der Waals surface area contributed by atoms with Crippen molar-refractivity contribution in [2.24, 2.45) is 5.92 Å². The van der Waals surface area contributed by atoms with Crippen LogP contribution in [0.1, 0.15) is 41.6 Å². The van der Waals surface area contributed by atoms with Gasteiger partial charge in [0.2, 0.25) is 5.91 Å². The summed E-state index contributed by atoms with van der Waals surface area (Å²) in [5, 5.41) is 3.70. The van der Waals surface area contributed by atoms with Crippen molar-refractivity contribution in [2.45, 2.75) is 32.2 Å². The van der Waals surface area contributed by atoms with E-state index < -0.39 is 0 Å². The van der Waals surface area contributed by atoms with Crippen molar-refractivity contribution >= 4 is 29.1 Å². The lowest BCUT2D eigenvalue weighted by Crippen LogP contribution is -2.41. The number of carbonyl (C=O) groups excluding carboxylic acids is 2. The Morgan fingerprint density at radius 2 is 1.67 bits per heavy atom. The van der Waals surface area contributed by atoms with Gasteiger partial charge in [-0.3, -0.25) is 14.5 Å². The van der Waals surface area contributed by atoms with E-state index in [2.05, 4.69) is 22.3 Å². The average molecular weight is 426 g/mol. The van der Waals surface area contributed by atoms with Crippen LogP contribution in [0.15, 0.2) is 48.5 Å². The zero-order valence-electron chi connectivity index (χ0n) is 17.1. The van der Waals surface area contributed by atoms with Gasteiger partial charge < -0.3 is 10.2 Å². The number of anilines is 1. The minimum atomic E-state index is -0.0680. The van der Waals surface area contributed by atoms with E-state index in [1.165, 1.54) is 18.4 Å². The second-order valence-corrected chi connectivity index (χ2v) is 8.68. The van der Waals surface area contributed by atoms with Crippen LogP contribution in [0.3, 0.4) is 0 Å². The number of carbonyl (C=O) groups is 2. The number of benzene rings is 2. The highest BCUT2D eigenvalue weighted by Gasteiger charge is 2.28. The van der Waals surface area contributed by atoms with Crippen LogP contribution in [-0.2, 0) is 11.3 Å². The lowest BCUT2D eigenvalue weighted by Gasteiger charge is -2.31. The van der Waals surface area contributed by atoms with Gasteiger partial charge in [-0.1, -0.05) is 23.7 Å². The molecule has 2 amide bonds. The van der Waals surface area contributed by atoms with Gasteiger partial charge in [-0.05, 0) is 80.7 Å². The van der Waals surface area contributed by atoms with Crippen molar-refractivity contribution < 1.29 is 9.59 Å². The van der Waals surface area contributed by atoms with Crippen LogP contribution in [0.5, 0.6) is 0 Å². The summed E-state index contributed by atoms with van der Waals surface area (Å²) in [5.74, 6) is -0.0199. The van der Waals surface area contributed by atoms with Gasteiger partial charge in [0.1, 0.15) is 0 Å². The fraction of sp³-hybridized carbons (Fsp3) is 0.417. The van der Waals surface area contributed by atoms with Crippen LogP contribution >= 0.6 is 11.6 Å². The molecule has 2 heterocycles. The predicted octanol–water partition coefficient (Wildman–Crippen LogP) is 4.43. The van der Waals surface area contributed by atoms with Gasteiger partial charge in [0, 0.05) is 41.8 Å². The van der Waals surface area contributed by atoms with E-state index in [9.17, 15) is 9.59 Å². The second-order valence-electron chi connectivity index (χ2n) is 8.25. The molecule has 2 fully saturated rings. The molecule has 5 nitrogen and oxygen atoms in total. The lowest BCUT2D eigenvalue weighted by atomic mass is 9.95. The SMILES string of the molecule is O=C(Nc1cccc(CN2CCCC2)c1)C1CCN(C(=O)c2ccc(Cl)cc2)CC1. The van der Waals surface area contributed by atoms with Crippen LogP contribution in [0.25, 0.3) is 0 Å². The van der Waals surface area contributed by atoms with Crippen molar-refractivity contribution in [1.82, 2.24) is 9.80 Å². The normalized spacial score (nSPS) is 17.8. The monoisotopic (exact) mass is 425 g/mol. The molecular formula is C24H28ClN3O2. The van der Waals surface area contributed by atoms with Crippen molar-refractivity contribution in [3.05, 3.63) is 64.7 Å². The summed E-state index contributed by atoms with van der Waals surface area (Å²) >= 11 is 5.90. The van der Waals surface area contributed by atoms with Gasteiger partial charge in [0.15, 0.2) is 0 Å². The van der Waals surface area contributed by atoms with Crippen molar-refractivity contribution in [2.75, 3.05) is 31.5 Å². The summed E-state index contributed by atoms with van der Waals surface area (Å²) in [6, 6.07) is 15.1. The highest BCUT2D eigenvalue weighted by atomic mass is 35.5. The molecule has 2 saturated heterocycles. The number of piperidine rings is 1. The first kappa shape index (κ1) is 20.9. The highest BCUT2D eigenvalue weighted by Crippen LogP contribution is 2.22. The van der Waals surface area contributed by atoms with E-state index in [1.807, 2.05) is 17.0 Å². The van der Waals surface area contributed by atoms with E-state index in [0.29, 0.717) is 36.5 Å². The smallest absolute Gasteiger partial charge is 0.253 e. The third kappa shape index (κ3) is 5.21. The summed E-state index contributed by atoms with van der Waals surface area (Å²) < 4.78 is 0. The Kier molecular flexibility index (Phi) is 6.70. The number of hydrogen-bond acceptors (Lipinski definition) is 3. The van der Waals surface area contributed by atoms with Gasteiger partial charge in [0.25, 0.3) is 5.91 Å². The molecule has 0 atom stereocenters. The van der Waals surface area contributed by atoms with Crippen LogP contribution in [-0.4, -0.2) is 47.8 Å². The molecule has 0 spiro atoms. The van der Waals surface area contributed by atoms with E-state index in [-0.39, 0.29) is 17.7 Å². The first-order valence-electron chi connectivity index (χ1n) is 10.8. The zero-order valence-corrected chi connectivity index (χ0v) is 17.9. The molecule has 2 aromatic rings. The Morgan fingerprint density at radius 1 is 0.967 bits per heavy atom. The fourth-order valence-corrected chi connectivity index (χ4v) is 4.44. The molecule has 158 valence electrons. The average Bonchev–Trinajstić information content (AvgIpc) is 3.27. The Bertz CT molecular complexity index is 886. The summed E-state index contributed by atoms with van der Waals surface area (Å²) in [4.78, 5) is 29.7. The van der Waals surface area contributed by atoms with Gasteiger partial charge >= 0.3 is 0 Å². The van der Waals surface area contributed by atoms with Gasteiger partial charge in [-0.2, -0.15) is 0 Å². The van der Waals surface area contributed by atoms with E-state index in [0.717, 1.165) is 25.3 Å². The zero-order chi connectivity index (χ0) is 20.9. The maximum absolute atomic E-state index is 12.8. The number of hydrogen-bond donors (Lipinski definition) is 1. The van der Waals surface area contributed by atoms with Crippen molar-refractivity contribution in [3.63, 3.8) is 0 Å². The van der Waals surface area contributed by atoms with Crippen molar-refractivity contribution in [1.29, 1.82) is 0 Å². The Labute approximate surface area is 183 Å². The number of rotatable bonds is 5. The Balaban J connectivity index is 1.29. The molecule has 2 aliphatic rings. The van der Waals surface area contributed by atoms with Crippen LogP contribution in [0, 0.1) is 5.92 Å². The minimum absolute atomic E-state index is 0.000128. The molecule has 0 bridgehead atoms. The minimum Gasteiger partial charge on any atom is -0.339 e. The maximum Gasteiger partial charge on any atom is 0.253 e. The summed E-state index contributed by atoms with van der Waals surface area (Å²) in [6.07, 6.45) is 3.91. The first-order valence-corrected chi connectivity index (χ1v) is 11.1. The molecular weight excluding hydrogens is 398 g/mol. The molecule has 0 aliphatic carbocycles. The third-order valence-corrected chi connectivity index (χ3v) is 6.30. The number of nitrogens with zero attached hydrogens (tertiary/aromatic N) is 2. The molecule has 2 aromatic carbocycles. The van der Waals surface area contributed by atoms with Crippen LogP contribution < -0.4 is 5.32 Å². The largest absolute Gasteiger partial charge is 0.339 e. The van der Waals surface area contributed by atoms with Gasteiger partial charge in [-0.25, -0.2) is 0 Å². The van der Waals surface area contributed by atoms with Gasteiger partial charge in [0.05, 0.1) is 0 Å². The molecule has 0 aromatic heterocycles. The van der Waals surface area contributed by atoms with E-state index >= 15 is 0 Å². The standard InChI is InChI=1S/C24H28ClN3O2/c25-21-8-6-20(7-9-21)24(30)28-14-10-19(11-15-28)23(29)26-22-5-3-4-18(16-22)17-27-12-1-2-13-27/h3-9,16,19H,1-2,10-15,17H2,(H,26,29). The molecule has 4 rings (SSSR count). The molecule has 6 heteroatoms. The number of halogens is 1. The summed E-state index contributed by atoms with van der Waals surface area (Å²) in [6.45, 7) is 4.44. The molecule has 30 heavy (non-hydrogen) atoms. The lowest BCUT2D eigenvalue weighted by molar-refractivity contribution is -0.121. The Morgan fingerprint density at radius 3 is 2.37 bits per heavy atom. The molecule has 1 N–H and O–H groups in total. The number of likely N-dealkylation sites (tertiary alicyclic amines) is 2. The van der Waals surface area contributed by atoms with Gasteiger partial charge in [-0.15, -0.1) is 0 Å². The second kappa shape index (κ2) is 9.63. The van der Waals surface area contributed by atoms with E-state index in [4.69, 9.17) is 11.6 Å². The molecule has 0 radical (unpaired) electrons.